The molecule has 0 amide bonds. The summed E-state index contributed by atoms with van der Waals surface area (Å²) in [6.07, 6.45) is 2.79. The molecule has 1 heterocycles. The normalized spacial score (nSPS) is 17.9. The maximum Gasteiger partial charge on any atom is 0.306 e. The summed E-state index contributed by atoms with van der Waals surface area (Å²) < 4.78 is 32.2. The molecule has 3 aromatic rings. The van der Waals surface area contributed by atoms with Gasteiger partial charge >= 0.3 is 5.97 Å². The molecule has 5 rings (SSSR count). The van der Waals surface area contributed by atoms with Crippen LogP contribution in [0.2, 0.25) is 0 Å². The molecule has 0 aromatic heterocycles. The van der Waals surface area contributed by atoms with Crippen LogP contribution in [-0.4, -0.2) is 30.4 Å². The van der Waals surface area contributed by atoms with Gasteiger partial charge < -0.3 is 19.3 Å². The summed E-state index contributed by atoms with van der Waals surface area (Å²) in [6.45, 7) is 8.30. The quantitative estimate of drug-likeness (QED) is 0.319. The van der Waals surface area contributed by atoms with E-state index in [1.54, 1.807) is 6.07 Å². The van der Waals surface area contributed by atoms with Crippen molar-refractivity contribution < 1.29 is 28.5 Å². The minimum atomic E-state index is -0.705. The number of hydrogen-bond acceptors (Lipinski definition) is 5. The molecule has 1 N–H and O–H groups in total. The summed E-state index contributed by atoms with van der Waals surface area (Å²) in [5.74, 6) is 0.772. The average Bonchev–Trinajstić information content (AvgIpc) is 3.48. The number of aliphatic hydroxyl groups is 1. The standard InChI is InChI=1S/C33H37FO5/c1-19-14-21(12-13-33(3,4)36)15-20(2)31(19)25-8-10-27(34)32-26(25)9-11-28(32)39-23-6-7-24-22(16-30(35)37-5)18-38-29(24)17-23/h6-8,10,14-15,17,22,28,36H,9,11-13,16,18H2,1-5H3/t22-,28-/m1/s1. The van der Waals surface area contributed by atoms with Gasteiger partial charge in [-0.2, -0.15) is 0 Å². The van der Waals surface area contributed by atoms with Gasteiger partial charge in [-0.05, 0) is 98.9 Å². The monoisotopic (exact) mass is 532 g/mol. The zero-order chi connectivity index (χ0) is 27.9. The third kappa shape index (κ3) is 5.67. The van der Waals surface area contributed by atoms with Crippen LogP contribution < -0.4 is 9.47 Å². The molecular weight excluding hydrogens is 495 g/mol. The highest BCUT2D eigenvalue weighted by Gasteiger charge is 2.32. The molecule has 2 aliphatic rings. The fourth-order valence-electron chi connectivity index (χ4n) is 6.05. The van der Waals surface area contributed by atoms with Crippen molar-refractivity contribution in [1.82, 2.24) is 0 Å². The second kappa shape index (κ2) is 10.6. The van der Waals surface area contributed by atoms with Gasteiger partial charge in [0, 0.05) is 23.1 Å². The lowest BCUT2D eigenvalue weighted by Gasteiger charge is -2.20. The number of methoxy groups -OCH3 is 1. The van der Waals surface area contributed by atoms with Gasteiger partial charge in [0.05, 0.1) is 25.7 Å². The highest BCUT2D eigenvalue weighted by molar-refractivity contribution is 5.76. The number of ether oxygens (including phenoxy) is 3. The molecule has 5 nitrogen and oxygen atoms in total. The first-order chi connectivity index (χ1) is 18.5. The number of aryl methyl sites for hydroxylation is 3. The van der Waals surface area contributed by atoms with Crippen LogP contribution in [0.4, 0.5) is 4.39 Å². The number of fused-ring (bicyclic) bond motifs is 2. The molecule has 3 aromatic carbocycles. The molecule has 39 heavy (non-hydrogen) atoms. The number of halogens is 1. The van der Waals surface area contributed by atoms with E-state index in [0.717, 1.165) is 46.2 Å². The molecule has 1 aliphatic carbocycles. The van der Waals surface area contributed by atoms with Gasteiger partial charge in [-0.15, -0.1) is 0 Å². The Morgan fingerprint density at radius 3 is 2.56 bits per heavy atom. The molecule has 6 heteroatoms. The van der Waals surface area contributed by atoms with Gasteiger partial charge in [-0.1, -0.05) is 24.3 Å². The second-order valence-electron chi connectivity index (χ2n) is 11.5. The van der Waals surface area contributed by atoms with Crippen molar-refractivity contribution in [3.8, 4) is 22.6 Å². The van der Waals surface area contributed by atoms with Gasteiger partial charge in [-0.3, -0.25) is 4.79 Å². The lowest BCUT2D eigenvalue weighted by atomic mass is 9.88. The fraction of sp³-hybridized carbons (Fsp3) is 0.424. The number of carbonyl (C=O) groups is 1. The van der Waals surface area contributed by atoms with Crippen molar-refractivity contribution in [2.24, 2.45) is 0 Å². The lowest BCUT2D eigenvalue weighted by molar-refractivity contribution is -0.141. The Morgan fingerprint density at radius 1 is 1.13 bits per heavy atom. The lowest BCUT2D eigenvalue weighted by Crippen LogP contribution is -2.19. The predicted octanol–water partition coefficient (Wildman–Crippen LogP) is 6.92. The molecular formula is C33H37FO5. The first-order valence-electron chi connectivity index (χ1n) is 13.7. The zero-order valence-corrected chi connectivity index (χ0v) is 23.4. The van der Waals surface area contributed by atoms with Gasteiger partial charge in [0.15, 0.2) is 0 Å². The highest BCUT2D eigenvalue weighted by Crippen LogP contribution is 2.45. The van der Waals surface area contributed by atoms with Crippen LogP contribution in [-0.2, 0) is 22.4 Å². The predicted molar refractivity (Wildman–Crippen MR) is 149 cm³/mol. The van der Waals surface area contributed by atoms with Crippen LogP contribution in [0.15, 0.2) is 42.5 Å². The Kier molecular flexibility index (Phi) is 7.43. The zero-order valence-electron chi connectivity index (χ0n) is 23.4. The van der Waals surface area contributed by atoms with E-state index in [1.165, 1.54) is 12.7 Å². The fourth-order valence-corrected chi connectivity index (χ4v) is 6.05. The largest absolute Gasteiger partial charge is 0.492 e. The summed E-state index contributed by atoms with van der Waals surface area (Å²) in [5.41, 5.74) is 7.59. The molecule has 0 spiro atoms. The molecule has 0 saturated carbocycles. The van der Waals surface area contributed by atoms with Crippen LogP contribution in [0.1, 0.15) is 78.5 Å². The van der Waals surface area contributed by atoms with Crippen molar-refractivity contribution in [2.45, 2.75) is 77.4 Å². The van der Waals surface area contributed by atoms with Gasteiger partial charge in [0.2, 0.25) is 0 Å². The van der Waals surface area contributed by atoms with E-state index in [-0.39, 0.29) is 24.1 Å². The maximum absolute atomic E-state index is 15.3. The van der Waals surface area contributed by atoms with Crippen molar-refractivity contribution in [1.29, 1.82) is 0 Å². The van der Waals surface area contributed by atoms with E-state index in [0.29, 0.717) is 36.5 Å². The first-order valence-corrected chi connectivity index (χ1v) is 13.7. The van der Waals surface area contributed by atoms with Crippen molar-refractivity contribution in [3.63, 3.8) is 0 Å². The van der Waals surface area contributed by atoms with Crippen LogP contribution in [0.3, 0.4) is 0 Å². The minimum absolute atomic E-state index is 0.0401. The Balaban J connectivity index is 1.40. The van der Waals surface area contributed by atoms with E-state index in [4.69, 9.17) is 14.2 Å². The van der Waals surface area contributed by atoms with E-state index in [2.05, 4.69) is 26.0 Å². The van der Waals surface area contributed by atoms with Crippen LogP contribution in [0.5, 0.6) is 11.5 Å². The average molecular weight is 533 g/mol. The van der Waals surface area contributed by atoms with Crippen LogP contribution >= 0.6 is 0 Å². The smallest absolute Gasteiger partial charge is 0.306 e. The maximum atomic E-state index is 15.3. The van der Waals surface area contributed by atoms with Crippen molar-refractivity contribution >= 4 is 5.97 Å². The number of esters is 1. The molecule has 0 saturated heterocycles. The Hall–Kier alpha value is -3.38. The number of benzene rings is 3. The first kappa shape index (κ1) is 27.2. The van der Waals surface area contributed by atoms with Crippen molar-refractivity contribution in [2.75, 3.05) is 13.7 Å². The minimum Gasteiger partial charge on any atom is -0.492 e. The summed E-state index contributed by atoms with van der Waals surface area (Å²) in [6, 6.07) is 13.5. The number of carbonyl (C=O) groups excluding carboxylic acids is 1. The van der Waals surface area contributed by atoms with Crippen LogP contribution in [0, 0.1) is 19.7 Å². The molecule has 0 unspecified atom stereocenters. The van der Waals surface area contributed by atoms with Gasteiger partial charge in [0.25, 0.3) is 0 Å². The molecule has 0 fully saturated rings. The number of rotatable bonds is 8. The van der Waals surface area contributed by atoms with Gasteiger partial charge in [-0.25, -0.2) is 4.39 Å². The summed E-state index contributed by atoms with van der Waals surface area (Å²) in [4.78, 5) is 11.7. The Morgan fingerprint density at radius 2 is 1.87 bits per heavy atom. The molecule has 0 radical (unpaired) electrons. The van der Waals surface area contributed by atoms with Crippen LogP contribution in [0.25, 0.3) is 11.1 Å². The number of hydrogen-bond donors (Lipinski definition) is 1. The topological polar surface area (TPSA) is 65.0 Å². The Bertz CT molecular complexity index is 1380. The van der Waals surface area contributed by atoms with E-state index < -0.39 is 11.7 Å². The molecule has 0 bridgehead atoms. The van der Waals surface area contributed by atoms with Crippen molar-refractivity contribution in [3.05, 3.63) is 81.7 Å². The summed E-state index contributed by atoms with van der Waals surface area (Å²) in [7, 11) is 1.39. The summed E-state index contributed by atoms with van der Waals surface area (Å²) in [5, 5.41) is 10.1. The van der Waals surface area contributed by atoms with E-state index in [9.17, 15) is 9.90 Å². The van der Waals surface area contributed by atoms with Gasteiger partial charge in [0.1, 0.15) is 23.4 Å². The molecule has 2 atom stereocenters. The molecule has 1 aliphatic heterocycles. The third-order valence-corrected chi connectivity index (χ3v) is 7.95. The SMILES string of the molecule is COC(=O)C[C@@H]1COc2cc(O[C@@H]3CCc4c(-c5c(C)cc(CCC(C)(C)O)cc5C)ccc(F)c43)ccc21. The Labute approximate surface area is 229 Å². The third-order valence-electron chi connectivity index (χ3n) is 7.95. The van der Waals surface area contributed by atoms with E-state index >= 15 is 4.39 Å². The second-order valence-corrected chi connectivity index (χ2v) is 11.5. The van der Waals surface area contributed by atoms with E-state index in [1.807, 2.05) is 38.1 Å². The summed E-state index contributed by atoms with van der Waals surface area (Å²) >= 11 is 0. The molecule has 206 valence electrons. The highest BCUT2D eigenvalue weighted by atomic mass is 19.1.